The van der Waals surface area contributed by atoms with Crippen molar-refractivity contribution in [2.75, 3.05) is 7.11 Å². The van der Waals surface area contributed by atoms with Crippen molar-refractivity contribution in [3.63, 3.8) is 0 Å². The van der Waals surface area contributed by atoms with Crippen molar-refractivity contribution in [3.05, 3.63) is 0 Å². The maximum Gasteiger partial charge on any atom is 0.158 e. The van der Waals surface area contributed by atoms with Crippen LogP contribution in [0.25, 0.3) is 0 Å². The van der Waals surface area contributed by atoms with Gasteiger partial charge in [0, 0.05) is 26.4 Å². The zero-order valence-electron chi connectivity index (χ0n) is 6.63. The lowest BCUT2D eigenvalue weighted by Crippen LogP contribution is -2.44. The number of carbonyl (C=O) groups is 1. The molecule has 0 aromatic heterocycles. The number of ether oxygens (including phenoxy) is 2. The van der Waals surface area contributed by atoms with Crippen LogP contribution in [0.15, 0.2) is 0 Å². The van der Waals surface area contributed by atoms with E-state index in [1.165, 1.54) is 0 Å². The first-order chi connectivity index (χ1) is 5.24. The summed E-state index contributed by atoms with van der Waals surface area (Å²) in [6, 6.07) is 0. The molecular formula is C8H12O3. The van der Waals surface area contributed by atoms with Crippen molar-refractivity contribution in [2.24, 2.45) is 0 Å². The molecule has 0 bridgehead atoms. The average molecular weight is 156 g/mol. The first-order valence-electron chi connectivity index (χ1n) is 3.96. The van der Waals surface area contributed by atoms with Crippen LogP contribution in [-0.4, -0.2) is 24.8 Å². The largest absolute Gasteiger partial charge is 0.356 e. The van der Waals surface area contributed by atoms with E-state index >= 15 is 0 Å². The van der Waals surface area contributed by atoms with Crippen molar-refractivity contribution in [1.29, 1.82) is 0 Å². The molecule has 1 saturated carbocycles. The molecule has 1 saturated heterocycles. The van der Waals surface area contributed by atoms with Gasteiger partial charge in [0.2, 0.25) is 0 Å². The second-order valence-electron chi connectivity index (χ2n) is 3.40. The van der Waals surface area contributed by atoms with Crippen molar-refractivity contribution in [3.8, 4) is 0 Å². The van der Waals surface area contributed by atoms with E-state index in [0.717, 1.165) is 12.8 Å². The summed E-state index contributed by atoms with van der Waals surface area (Å²) in [5.74, 6) is 0.321. The fourth-order valence-corrected chi connectivity index (χ4v) is 1.87. The molecule has 11 heavy (non-hydrogen) atoms. The van der Waals surface area contributed by atoms with Crippen LogP contribution in [-0.2, 0) is 14.3 Å². The fraction of sp³-hybridized carbons (Fsp3) is 0.875. The molecular weight excluding hydrogens is 144 g/mol. The smallest absolute Gasteiger partial charge is 0.158 e. The van der Waals surface area contributed by atoms with Gasteiger partial charge in [0.25, 0.3) is 0 Å². The molecule has 1 aliphatic heterocycles. The third-order valence-electron chi connectivity index (χ3n) is 2.52. The van der Waals surface area contributed by atoms with E-state index in [-0.39, 0.29) is 11.9 Å². The van der Waals surface area contributed by atoms with Crippen molar-refractivity contribution < 1.29 is 14.3 Å². The van der Waals surface area contributed by atoms with Crippen molar-refractivity contribution >= 4 is 5.78 Å². The molecule has 1 aliphatic carbocycles. The Labute approximate surface area is 65.7 Å². The Morgan fingerprint density at radius 3 is 2.82 bits per heavy atom. The van der Waals surface area contributed by atoms with Gasteiger partial charge >= 0.3 is 0 Å². The predicted molar refractivity (Wildman–Crippen MR) is 38.1 cm³/mol. The van der Waals surface area contributed by atoms with Crippen molar-refractivity contribution in [1.82, 2.24) is 0 Å². The minimum absolute atomic E-state index is 0.0666. The van der Waals surface area contributed by atoms with Gasteiger partial charge in [-0.3, -0.25) is 4.79 Å². The van der Waals surface area contributed by atoms with E-state index < -0.39 is 0 Å². The normalized spacial score (nSPS) is 34.3. The molecule has 0 aromatic rings. The molecule has 1 atom stereocenters. The predicted octanol–water partition coefficient (Wildman–Crippen LogP) is 0.871. The maximum absolute atomic E-state index is 10.7. The van der Waals surface area contributed by atoms with Crippen LogP contribution in [0.4, 0.5) is 0 Å². The number of hydrogen-bond donors (Lipinski definition) is 0. The van der Waals surface area contributed by atoms with Gasteiger partial charge < -0.3 is 9.47 Å². The number of hydrogen-bond acceptors (Lipinski definition) is 3. The molecule has 62 valence electrons. The van der Waals surface area contributed by atoms with E-state index in [2.05, 4.69) is 0 Å². The first kappa shape index (κ1) is 7.25. The minimum Gasteiger partial charge on any atom is -0.356 e. The molecule has 1 heterocycles. The molecule has 3 heteroatoms. The molecule has 0 N–H and O–H groups in total. The number of Topliss-reactive ketones (excluding diaryl/α,β-unsaturated/α-hetero) is 1. The number of methoxy groups -OCH3 is 1. The Morgan fingerprint density at radius 1 is 1.64 bits per heavy atom. The van der Waals surface area contributed by atoms with Crippen LogP contribution in [0.1, 0.15) is 25.7 Å². The van der Waals surface area contributed by atoms with Crippen LogP contribution in [0, 0.1) is 0 Å². The van der Waals surface area contributed by atoms with Crippen LogP contribution in [0.2, 0.25) is 0 Å². The van der Waals surface area contributed by atoms with Gasteiger partial charge in [0.1, 0.15) is 5.78 Å². The van der Waals surface area contributed by atoms with Crippen LogP contribution >= 0.6 is 0 Å². The Morgan fingerprint density at radius 2 is 2.36 bits per heavy atom. The Kier molecular flexibility index (Phi) is 1.51. The monoisotopic (exact) mass is 156 g/mol. The molecule has 2 fully saturated rings. The van der Waals surface area contributed by atoms with Gasteiger partial charge in [-0.2, -0.15) is 0 Å². The van der Waals surface area contributed by atoms with Crippen LogP contribution in [0.3, 0.4) is 0 Å². The van der Waals surface area contributed by atoms with E-state index in [9.17, 15) is 4.79 Å². The van der Waals surface area contributed by atoms with E-state index in [1.54, 1.807) is 7.11 Å². The molecule has 3 nitrogen and oxygen atoms in total. The van der Waals surface area contributed by atoms with Gasteiger partial charge in [-0.1, -0.05) is 0 Å². The van der Waals surface area contributed by atoms with Crippen molar-refractivity contribution in [2.45, 2.75) is 37.6 Å². The summed E-state index contributed by atoms with van der Waals surface area (Å²) >= 11 is 0. The summed E-state index contributed by atoms with van der Waals surface area (Å²) in [4.78, 5) is 10.7. The Balaban J connectivity index is 1.94. The molecule has 2 rings (SSSR count). The highest BCUT2D eigenvalue weighted by Gasteiger charge is 2.49. The number of ketones is 1. The second-order valence-corrected chi connectivity index (χ2v) is 3.40. The summed E-state index contributed by atoms with van der Waals surface area (Å²) in [7, 11) is 1.64. The minimum atomic E-state index is -0.113. The average Bonchev–Trinajstić information content (AvgIpc) is 2.31. The zero-order valence-corrected chi connectivity index (χ0v) is 6.63. The summed E-state index contributed by atoms with van der Waals surface area (Å²) < 4.78 is 10.6. The number of carbonyl (C=O) groups excluding carboxylic acids is 1. The lowest BCUT2D eigenvalue weighted by molar-refractivity contribution is -0.183. The molecule has 1 spiro atoms. The zero-order chi connectivity index (χ0) is 7.90. The third-order valence-corrected chi connectivity index (χ3v) is 2.52. The first-order valence-corrected chi connectivity index (χ1v) is 3.96. The quantitative estimate of drug-likeness (QED) is 0.565. The summed E-state index contributed by atoms with van der Waals surface area (Å²) in [6.07, 6.45) is 3.06. The Hall–Kier alpha value is -0.410. The molecule has 0 radical (unpaired) electrons. The highest BCUT2D eigenvalue weighted by atomic mass is 16.7. The lowest BCUT2D eigenvalue weighted by atomic mass is 9.77. The molecule has 1 unspecified atom stereocenters. The van der Waals surface area contributed by atoms with E-state index in [4.69, 9.17) is 9.47 Å². The highest BCUT2D eigenvalue weighted by molar-refractivity contribution is 5.87. The second kappa shape index (κ2) is 2.29. The highest BCUT2D eigenvalue weighted by Crippen LogP contribution is 2.43. The van der Waals surface area contributed by atoms with Gasteiger partial charge in [0.15, 0.2) is 6.29 Å². The standard InChI is InChI=1S/C8H12O3/c1-10-7-2-3-8(11-7)4-6(9)5-8/h7H,2-5H2,1H3. The topological polar surface area (TPSA) is 35.5 Å². The molecule has 2 aliphatic rings. The van der Waals surface area contributed by atoms with E-state index in [1.807, 2.05) is 0 Å². The van der Waals surface area contributed by atoms with Crippen LogP contribution < -0.4 is 0 Å². The van der Waals surface area contributed by atoms with Gasteiger partial charge in [-0.15, -0.1) is 0 Å². The van der Waals surface area contributed by atoms with Crippen LogP contribution in [0.5, 0.6) is 0 Å². The summed E-state index contributed by atoms with van der Waals surface area (Å²) in [6.45, 7) is 0. The van der Waals surface area contributed by atoms with Gasteiger partial charge in [-0.25, -0.2) is 0 Å². The Bertz CT molecular complexity index is 180. The summed E-state index contributed by atoms with van der Waals surface area (Å²) in [5.41, 5.74) is -0.113. The summed E-state index contributed by atoms with van der Waals surface area (Å²) in [5, 5.41) is 0. The lowest BCUT2D eigenvalue weighted by Gasteiger charge is -2.35. The molecule has 0 amide bonds. The molecule has 0 aromatic carbocycles. The fourth-order valence-electron chi connectivity index (χ4n) is 1.87. The third kappa shape index (κ3) is 1.08. The SMILES string of the molecule is COC1CCC2(CC(=O)C2)O1. The maximum atomic E-state index is 10.7. The van der Waals surface area contributed by atoms with Gasteiger partial charge in [-0.05, 0) is 6.42 Å². The van der Waals surface area contributed by atoms with Gasteiger partial charge in [0.05, 0.1) is 5.60 Å². The van der Waals surface area contributed by atoms with E-state index in [0.29, 0.717) is 18.6 Å². The number of rotatable bonds is 1.